The summed E-state index contributed by atoms with van der Waals surface area (Å²) in [6, 6.07) is 10.5. The van der Waals surface area contributed by atoms with E-state index in [0.717, 1.165) is 25.2 Å². The molecule has 0 N–H and O–H groups in total. The van der Waals surface area contributed by atoms with Crippen LogP contribution < -0.4 is 0 Å². The van der Waals surface area contributed by atoms with Crippen LogP contribution in [0.2, 0.25) is 0 Å². The number of carbonyl (C=O) groups excluding carboxylic acids is 1. The Bertz CT molecular complexity index is 434. The second kappa shape index (κ2) is 4.73. The predicted octanol–water partition coefficient (Wildman–Crippen LogP) is 4.32. The molecule has 0 spiro atoms. The molecule has 0 heterocycles. The molecule has 2 saturated carbocycles. The third kappa shape index (κ3) is 2.80. The fraction of sp³-hybridized carbons (Fsp3) is 0.562. The van der Waals surface area contributed by atoms with Gasteiger partial charge in [0.1, 0.15) is 5.78 Å². The lowest BCUT2D eigenvalue weighted by Crippen LogP contribution is -2.27. The fourth-order valence-electron chi connectivity index (χ4n) is 2.61. The molecule has 0 aromatic heterocycles. The largest absolute Gasteiger partial charge is 0.299 e. The molecule has 2 heteroatoms. The Balaban J connectivity index is 1.71. The molecule has 2 aliphatic carbocycles. The topological polar surface area (TPSA) is 17.1 Å². The number of thioether (sulfide) groups is 1. The Hall–Kier alpha value is -0.760. The Kier molecular flexibility index (Phi) is 3.23. The lowest BCUT2D eigenvalue weighted by molar-refractivity contribution is -0.120. The molecule has 3 rings (SSSR count). The first-order valence-electron chi connectivity index (χ1n) is 6.94. The van der Waals surface area contributed by atoms with Crippen molar-refractivity contribution in [1.82, 2.24) is 0 Å². The summed E-state index contributed by atoms with van der Waals surface area (Å²) < 4.78 is 0.126. The molecule has 0 aliphatic heterocycles. The van der Waals surface area contributed by atoms with Crippen LogP contribution in [0.25, 0.3) is 0 Å². The van der Waals surface area contributed by atoms with Crippen LogP contribution >= 0.6 is 11.8 Å². The first kappa shape index (κ1) is 12.3. The minimum atomic E-state index is 0.126. The standard InChI is InChI=1S/C16H20OS/c1-16(13-9-10-13,11-15(17)12-7-8-12)18-14-5-3-2-4-6-14/h2-6,12-13H,7-11H2,1H3/t16-/m1/s1. The lowest BCUT2D eigenvalue weighted by Gasteiger charge is -2.28. The number of ketones is 1. The smallest absolute Gasteiger partial charge is 0.137 e. The van der Waals surface area contributed by atoms with Crippen molar-refractivity contribution in [1.29, 1.82) is 0 Å². The van der Waals surface area contributed by atoms with E-state index in [4.69, 9.17) is 0 Å². The Morgan fingerprint density at radius 2 is 1.89 bits per heavy atom. The molecule has 1 nitrogen and oxygen atoms in total. The van der Waals surface area contributed by atoms with Crippen molar-refractivity contribution < 1.29 is 4.79 Å². The van der Waals surface area contributed by atoms with Crippen LogP contribution in [0.15, 0.2) is 35.2 Å². The van der Waals surface area contributed by atoms with Gasteiger partial charge in [-0.25, -0.2) is 0 Å². The SMILES string of the molecule is C[C@](CC(=O)C1CC1)(Sc1ccccc1)C1CC1. The van der Waals surface area contributed by atoms with Crippen LogP contribution in [0.5, 0.6) is 0 Å². The van der Waals surface area contributed by atoms with Gasteiger partial charge >= 0.3 is 0 Å². The number of hydrogen-bond donors (Lipinski definition) is 0. The van der Waals surface area contributed by atoms with Gasteiger partial charge in [-0.05, 0) is 50.7 Å². The summed E-state index contributed by atoms with van der Waals surface area (Å²) in [6.45, 7) is 2.29. The summed E-state index contributed by atoms with van der Waals surface area (Å²) in [4.78, 5) is 13.4. The van der Waals surface area contributed by atoms with Gasteiger partial charge in [-0.3, -0.25) is 4.79 Å². The molecule has 0 radical (unpaired) electrons. The summed E-state index contributed by atoms with van der Waals surface area (Å²) in [5, 5.41) is 0. The van der Waals surface area contributed by atoms with Crippen molar-refractivity contribution in [2.24, 2.45) is 11.8 Å². The number of carbonyl (C=O) groups is 1. The Morgan fingerprint density at radius 1 is 1.22 bits per heavy atom. The van der Waals surface area contributed by atoms with E-state index in [1.807, 2.05) is 17.8 Å². The molecular formula is C16H20OS. The summed E-state index contributed by atoms with van der Waals surface area (Å²) in [7, 11) is 0. The number of Topliss-reactive ketones (excluding diaryl/α,β-unsaturated/α-hetero) is 1. The Labute approximate surface area is 113 Å². The van der Waals surface area contributed by atoms with Crippen molar-refractivity contribution >= 4 is 17.5 Å². The van der Waals surface area contributed by atoms with E-state index in [0.29, 0.717) is 11.7 Å². The van der Waals surface area contributed by atoms with Crippen molar-refractivity contribution in [3.63, 3.8) is 0 Å². The van der Waals surface area contributed by atoms with Crippen LogP contribution in [-0.2, 0) is 4.79 Å². The summed E-state index contributed by atoms with van der Waals surface area (Å²) >= 11 is 1.91. The molecule has 18 heavy (non-hydrogen) atoms. The van der Waals surface area contributed by atoms with Crippen molar-refractivity contribution in [2.75, 3.05) is 0 Å². The summed E-state index contributed by atoms with van der Waals surface area (Å²) in [5.74, 6) is 1.65. The van der Waals surface area contributed by atoms with Gasteiger partial charge in [0.15, 0.2) is 0 Å². The third-order valence-electron chi connectivity index (χ3n) is 4.09. The van der Waals surface area contributed by atoms with Crippen LogP contribution in [0.1, 0.15) is 39.0 Å². The summed E-state index contributed by atoms with van der Waals surface area (Å²) in [6.07, 6.45) is 5.63. The molecule has 0 saturated heterocycles. The maximum atomic E-state index is 12.1. The zero-order valence-electron chi connectivity index (χ0n) is 10.9. The maximum Gasteiger partial charge on any atom is 0.137 e. The van der Waals surface area contributed by atoms with E-state index in [2.05, 4.69) is 31.2 Å². The van der Waals surface area contributed by atoms with Gasteiger partial charge in [0.05, 0.1) is 0 Å². The monoisotopic (exact) mass is 260 g/mol. The number of hydrogen-bond acceptors (Lipinski definition) is 2. The first-order chi connectivity index (χ1) is 8.67. The molecule has 0 unspecified atom stereocenters. The molecule has 2 fully saturated rings. The van der Waals surface area contributed by atoms with Crippen LogP contribution in [0.4, 0.5) is 0 Å². The highest BCUT2D eigenvalue weighted by Gasteiger charge is 2.45. The number of rotatable bonds is 6. The molecule has 0 amide bonds. The second-order valence-electron chi connectivity index (χ2n) is 5.92. The molecule has 2 aliphatic rings. The predicted molar refractivity (Wildman–Crippen MR) is 75.8 cm³/mol. The quantitative estimate of drug-likeness (QED) is 0.709. The molecular weight excluding hydrogens is 240 g/mol. The van der Waals surface area contributed by atoms with Crippen LogP contribution in [0.3, 0.4) is 0 Å². The highest BCUT2D eigenvalue weighted by Crippen LogP contribution is 2.53. The third-order valence-corrected chi connectivity index (χ3v) is 5.54. The van der Waals surface area contributed by atoms with Crippen LogP contribution in [0, 0.1) is 11.8 Å². The maximum absolute atomic E-state index is 12.1. The highest BCUT2D eigenvalue weighted by atomic mass is 32.2. The van der Waals surface area contributed by atoms with E-state index >= 15 is 0 Å². The minimum absolute atomic E-state index is 0.126. The lowest BCUT2D eigenvalue weighted by atomic mass is 9.96. The Morgan fingerprint density at radius 3 is 2.44 bits per heavy atom. The highest BCUT2D eigenvalue weighted by molar-refractivity contribution is 8.00. The zero-order chi connectivity index (χ0) is 12.6. The van der Waals surface area contributed by atoms with E-state index < -0.39 is 0 Å². The van der Waals surface area contributed by atoms with Crippen molar-refractivity contribution in [2.45, 2.75) is 48.7 Å². The average molecular weight is 260 g/mol. The average Bonchev–Trinajstić information content (AvgIpc) is 3.18. The molecule has 0 bridgehead atoms. The molecule has 96 valence electrons. The van der Waals surface area contributed by atoms with Gasteiger partial charge in [-0.15, -0.1) is 11.8 Å². The van der Waals surface area contributed by atoms with Crippen molar-refractivity contribution in [3.8, 4) is 0 Å². The van der Waals surface area contributed by atoms with E-state index in [1.165, 1.54) is 17.7 Å². The zero-order valence-corrected chi connectivity index (χ0v) is 11.7. The molecule has 1 aromatic carbocycles. The molecule has 1 atom stereocenters. The summed E-state index contributed by atoms with van der Waals surface area (Å²) in [5.41, 5.74) is 0. The van der Waals surface area contributed by atoms with Gasteiger partial charge < -0.3 is 0 Å². The fourth-order valence-corrected chi connectivity index (χ4v) is 4.06. The van der Waals surface area contributed by atoms with Gasteiger partial charge in [-0.2, -0.15) is 0 Å². The van der Waals surface area contributed by atoms with Gasteiger partial charge in [-0.1, -0.05) is 18.2 Å². The van der Waals surface area contributed by atoms with Gasteiger partial charge in [0.25, 0.3) is 0 Å². The normalized spacial score (nSPS) is 22.5. The first-order valence-corrected chi connectivity index (χ1v) is 7.76. The molecule has 1 aromatic rings. The van der Waals surface area contributed by atoms with Gasteiger partial charge in [0, 0.05) is 22.0 Å². The minimum Gasteiger partial charge on any atom is -0.299 e. The number of benzene rings is 1. The van der Waals surface area contributed by atoms with Crippen LogP contribution in [-0.4, -0.2) is 10.5 Å². The van der Waals surface area contributed by atoms with E-state index in [1.54, 1.807) is 0 Å². The van der Waals surface area contributed by atoms with Crippen molar-refractivity contribution in [3.05, 3.63) is 30.3 Å². The van der Waals surface area contributed by atoms with E-state index in [-0.39, 0.29) is 4.75 Å². The van der Waals surface area contributed by atoms with Gasteiger partial charge in [0.2, 0.25) is 0 Å². The second-order valence-corrected chi connectivity index (χ2v) is 7.53. The van der Waals surface area contributed by atoms with E-state index in [9.17, 15) is 4.79 Å².